The van der Waals surface area contributed by atoms with Gasteiger partial charge in [-0.05, 0) is 30.7 Å². The van der Waals surface area contributed by atoms with Crippen LogP contribution in [0.1, 0.15) is 12.5 Å². The fourth-order valence-electron chi connectivity index (χ4n) is 2.70. The SMILES string of the molecule is C[C@@]1(c2ccccc2)NC(=O)N(CCSc2cc(Cl)ccc2Cl)C1=O. The Morgan fingerprint density at radius 1 is 1.12 bits per heavy atom. The highest BCUT2D eigenvalue weighted by molar-refractivity contribution is 7.99. The number of amides is 3. The zero-order valence-corrected chi connectivity index (χ0v) is 15.8. The second kappa shape index (κ2) is 7.28. The molecular formula is C18H16Cl2N2O2S. The van der Waals surface area contributed by atoms with Crippen LogP contribution in [0.4, 0.5) is 4.79 Å². The monoisotopic (exact) mass is 394 g/mol. The van der Waals surface area contributed by atoms with E-state index in [1.54, 1.807) is 25.1 Å². The molecule has 0 unspecified atom stereocenters. The second-order valence-electron chi connectivity index (χ2n) is 5.80. The zero-order chi connectivity index (χ0) is 18.0. The van der Waals surface area contributed by atoms with Crippen molar-refractivity contribution in [3.63, 3.8) is 0 Å². The number of nitrogens with one attached hydrogen (secondary N) is 1. The minimum Gasteiger partial charge on any atom is -0.319 e. The number of hydrogen-bond acceptors (Lipinski definition) is 3. The summed E-state index contributed by atoms with van der Waals surface area (Å²) in [6.45, 7) is 2.02. The summed E-state index contributed by atoms with van der Waals surface area (Å²) in [5, 5.41) is 3.99. The molecule has 25 heavy (non-hydrogen) atoms. The number of carbonyl (C=O) groups is 2. The van der Waals surface area contributed by atoms with Gasteiger partial charge < -0.3 is 5.32 Å². The number of imide groups is 1. The van der Waals surface area contributed by atoms with E-state index >= 15 is 0 Å². The van der Waals surface area contributed by atoms with Crippen molar-refractivity contribution >= 4 is 46.9 Å². The van der Waals surface area contributed by atoms with Gasteiger partial charge in [-0.2, -0.15) is 0 Å². The number of rotatable bonds is 5. The lowest BCUT2D eigenvalue weighted by Gasteiger charge is -2.22. The Kier molecular flexibility index (Phi) is 5.27. The van der Waals surface area contributed by atoms with Gasteiger partial charge in [0.2, 0.25) is 0 Å². The minimum absolute atomic E-state index is 0.249. The zero-order valence-electron chi connectivity index (χ0n) is 13.5. The van der Waals surface area contributed by atoms with Gasteiger partial charge in [-0.3, -0.25) is 9.69 Å². The number of benzene rings is 2. The fourth-order valence-corrected chi connectivity index (χ4v) is 4.13. The number of halogens is 2. The van der Waals surface area contributed by atoms with E-state index in [0.29, 0.717) is 22.3 Å². The molecule has 1 heterocycles. The molecule has 0 aliphatic carbocycles. The highest BCUT2D eigenvalue weighted by Gasteiger charge is 2.48. The normalized spacial score (nSPS) is 20.0. The van der Waals surface area contributed by atoms with Crippen LogP contribution in [0.3, 0.4) is 0 Å². The van der Waals surface area contributed by atoms with Gasteiger partial charge in [0.1, 0.15) is 5.54 Å². The van der Waals surface area contributed by atoms with Crippen LogP contribution in [0, 0.1) is 0 Å². The average Bonchev–Trinajstić information content (AvgIpc) is 2.83. The maximum atomic E-state index is 12.8. The molecule has 0 spiro atoms. The van der Waals surface area contributed by atoms with Crippen molar-refractivity contribution in [1.29, 1.82) is 0 Å². The molecule has 1 saturated heterocycles. The molecule has 0 aromatic heterocycles. The van der Waals surface area contributed by atoms with Crippen molar-refractivity contribution in [2.45, 2.75) is 17.4 Å². The Morgan fingerprint density at radius 2 is 1.84 bits per heavy atom. The van der Waals surface area contributed by atoms with Gasteiger partial charge in [0.05, 0.1) is 5.02 Å². The Labute approximate surface area is 160 Å². The first kappa shape index (κ1) is 18.1. The summed E-state index contributed by atoms with van der Waals surface area (Å²) in [4.78, 5) is 27.1. The lowest BCUT2D eigenvalue weighted by atomic mass is 9.92. The Morgan fingerprint density at radius 3 is 2.56 bits per heavy atom. The Hall–Kier alpha value is -1.69. The highest BCUT2D eigenvalue weighted by atomic mass is 35.5. The van der Waals surface area contributed by atoms with Crippen LogP contribution in [-0.4, -0.2) is 29.1 Å². The van der Waals surface area contributed by atoms with E-state index < -0.39 is 5.54 Å². The van der Waals surface area contributed by atoms with E-state index in [0.717, 1.165) is 10.5 Å². The summed E-state index contributed by atoms with van der Waals surface area (Å²) in [6.07, 6.45) is 0. The highest BCUT2D eigenvalue weighted by Crippen LogP contribution is 2.32. The summed E-state index contributed by atoms with van der Waals surface area (Å²) in [5.74, 6) is 0.283. The van der Waals surface area contributed by atoms with Gasteiger partial charge in [0.25, 0.3) is 5.91 Å². The van der Waals surface area contributed by atoms with E-state index in [1.807, 2.05) is 30.3 Å². The van der Waals surface area contributed by atoms with Crippen molar-refractivity contribution in [2.75, 3.05) is 12.3 Å². The lowest BCUT2D eigenvalue weighted by Crippen LogP contribution is -2.41. The predicted molar refractivity (Wildman–Crippen MR) is 101 cm³/mol. The number of nitrogens with zero attached hydrogens (tertiary/aromatic N) is 1. The van der Waals surface area contributed by atoms with E-state index in [4.69, 9.17) is 23.2 Å². The first-order valence-electron chi connectivity index (χ1n) is 7.69. The van der Waals surface area contributed by atoms with Gasteiger partial charge in [-0.25, -0.2) is 4.79 Å². The molecule has 3 amide bonds. The summed E-state index contributed by atoms with van der Waals surface area (Å²) in [6, 6.07) is 14.1. The van der Waals surface area contributed by atoms with Crippen molar-refractivity contribution in [3.8, 4) is 0 Å². The molecular weight excluding hydrogens is 379 g/mol. The molecule has 1 N–H and O–H groups in total. The van der Waals surface area contributed by atoms with Crippen LogP contribution in [0.2, 0.25) is 10.0 Å². The van der Waals surface area contributed by atoms with Crippen LogP contribution in [-0.2, 0) is 10.3 Å². The predicted octanol–water partition coefficient (Wildman–Crippen LogP) is 4.55. The summed E-state index contributed by atoms with van der Waals surface area (Å²) >= 11 is 13.6. The minimum atomic E-state index is -1.03. The summed E-state index contributed by atoms with van der Waals surface area (Å²) in [5.41, 5.74) is -0.266. The molecule has 1 aliphatic rings. The molecule has 1 atom stereocenters. The first-order chi connectivity index (χ1) is 11.9. The maximum absolute atomic E-state index is 12.8. The average molecular weight is 395 g/mol. The molecule has 130 valence electrons. The molecule has 7 heteroatoms. The van der Waals surface area contributed by atoms with Gasteiger partial charge >= 0.3 is 6.03 Å². The van der Waals surface area contributed by atoms with Gasteiger partial charge in [-0.15, -0.1) is 11.8 Å². The molecule has 1 fully saturated rings. The molecule has 2 aromatic carbocycles. The second-order valence-corrected chi connectivity index (χ2v) is 7.78. The van der Waals surface area contributed by atoms with E-state index in [9.17, 15) is 9.59 Å². The summed E-state index contributed by atoms with van der Waals surface area (Å²) in [7, 11) is 0. The number of hydrogen-bond donors (Lipinski definition) is 1. The number of carbonyl (C=O) groups excluding carboxylic acids is 2. The Balaban J connectivity index is 1.68. The quantitative estimate of drug-likeness (QED) is 0.597. The smallest absolute Gasteiger partial charge is 0.319 e. The van der Waals surface area contributed by atoms with Crippen molar-refractivity contribution < 1.29 is 9.59 Å². The van der Waals surface area contributed by atoms with Crippen LogP contribution in [0.5, 0.6) is 0 Å². The number of urea groups is 1. The maximum Gasteiger partial charge on any atom is 0.325 e. The standard InChI is InChI=1S/C18H16Cl2N2O2S/c1-18(12-5-3-2-4-6-12)16(23)22(17(24)21-18)9-10-25-15-11-13(19)7-8-14(15)20/h2-8,11H,9-10H2,1H3,(H,21,24)/t18-/m0/s1. The van der Waals surface area contributed by atoms with Crippen molar-refractivity contribution in [2.24, 2.45) is 0 Å². The van der Waals surface area contributed by atoms with Crippen molar-refractivity contribution in [1.82, 2.24) is 10.2 Å². The Bertz CT molecular complexity index is 816. The van der Waals surface area contributed by atoms with Crippen LogP contribution in [0.15, 0.2) is 53.4 Å². The largest absolute Gasteiger partial charge is 0.325 e. The lowest BCUT2D eigenvalue weighted by molar-refractivity contribution is -0.130. The van der Waals surface area contributed by atoms with Crippen LogP contribution in [0.25, 0.3) is 0 Å². The van der Waals surface area contributed by atoms with Gasteiger partial charge in [0, 0.05) is 22.2 Å². The third kappa shape index (κ3) is 3.64. The van der Waals surface area contributed by atoms with Crippen LogP contribution >= 0.6 is 35.0 Å². The molecule has 0 radical (unpaired) electrons. The molecule has 1 aliphatic heterocycles. The van der Waals surface area contributed by atoms with E-state index in [2.05, 4.69) is 5.32 Å². The molecule has 0 saturated carbocycles. The molecule has 3 rings (SSSR count). The van der Waals surface area contributed by atoms with E-state index in [-0.39, 0.29) is 11.9 Å². The third-order valence-corrected chi connectivity index (χ3v) is 5.80. The molecule has 2 aromatic rings. The number of thioether (sulfide) groups is 1. The summed E-state index contributed by atoms with van der Waals surface area (Å²) < 4.78 is 0. The first-order valence-corrected chi connectivity index (χ1v) is 9.43. The van der Waals surface area contributed by atoms with Crippen molar-refractivity contribution in [3.05, 3.63) is 64.1 Å². The molecule has 0 bridgehead atoms. The fraction of sp³-hybridized carbons (Fsp3) is 0.222. The van der Waals surface area contributed by atoms with Gasteiger partial charge in [-0.1, -0.05) is 53.5 Å². The van der Waals surface area contributed by atoms with E-state index in [1.165, 1.54) is 16.7 Å². The van der Waals surface area contributed by atoms with Crippen LogP contribution < -0.4 is 5.32 Å². The van der Waals surface area contributed by atoms with Gasteiger partial charge in [0.15, 0.2) is 0 Å². The topological polar surface area (TPSA) is 49.4 Å². The molecule has 4 nitrogen and oxygen atoms in total. The third-order valence-electron chi connectivity index (χ3n) is 4.09.